The molecule has 1 N–H and O–H groups in total. The molecule has 3 rings (SSSR count). The van der Waals surface area contributed by atoms with Gasteiger partial charge in [-0.2, -0.15) is 0 Å². The number of carbonyl (C=O) groups is 1. The van der Waals surface area contributed by atoms with E-state index < -0.39 is 15.8 Å². The molecule has 0 fully saturated rings. The van der Waals surface area contributed by atoms with Gasteiger partial charge in [-0.15, -0.1) is 0 Å². The van der Waals surface area contributed by atoms with Gasteiger partial charge in [0.05, 0.1) is 0 Å². The Morgan fingerprint density at radius 3 is 2.55 bits per heavy atom. The van der Waals surface area contributed by atoms with Crippen molar-refractivity contribution in [1.29, 1.82) is 0 Å². The fourth-order valence-corrected chi connectivity index (χ4v) is 5.39. The summed E-state index contributed by atoms with van der Waals surface area (Å²) in [5.41, 5.74) is 2.28. The van der Waals surface area contributed by atoms with E-state index in [0.717, 1.165) is 39.7 Å². The Balaban J connectivity index is 1.48. The molecule has 0 radical (unpaired) electrons. The number of benzene rings is 2. The Hall–Kier alpha value is -2.07. The van der Waals surface area contributed by atoms with E-state index in [1.165, 1.54) is 0 Å². The number of nitrogens with one attached hydrogen (secondary N) is 1. The molecule has 1 heterocycles. The van der Waals surface area contributed by atoms with Gasteiger partial charge >= 0.3 is 200 Å². The average Bonchev–Trinajstić information content (AvgIpc) is 2.78. The van der Waals surface area contributed by atoms with Gasteiger partial charge in [0.15, 0.2) is 0 Å². The van der Waals surface area contributed by atoms with Crippen LogP contribution >= 0.6 is 23.2 Å². The van der Waals surface area contributed by atoms with E-state index in [4.69, 9.17) is 32.9 Å². The molecule has 162 valence electrons. The second-order valence-corrected chi connectivity index (χ2v) is 10.3. The molecule has 2 aromatic carbocycles. The summed E-state index contributed by atoms with van der Waals surface area (Å²) in [6.07, 6.45) is 3.65. The molecule has 0 aliphatic rings. The van der Waals surface area contributed by atoms with Crippen LogP contribution in [0.25, 0.3) is 11.3 Å². The molecule has 1 atom stereocenters. The standard InChI is InChI=1S/C23H24AsCl2N3O2/c1-2-15-31-17-9-7-16(8-10-17)20-11-14-28-23(29-20)24-12-4-13-27-22(30)21-18(25)5-3-6-19(21)26/h3,5-11,14,24H,2,4,12-13,15H2,1H3,(H,27,30). The molecule has 31 heavy (non-hydrogen) atoms. The first-order chi connectivity index (χ1) is 15.1. The summed E-state index contributed by atoms with van der Waals surface area (Å²) in [5, 5.41) is 4.57. The summed E-state index contributed by atoms with van der Waals surface area (Å²) in [7, 11) is 0. The van der Waals surface area contributed by atoms with E-state index in [0.29, 0.717) is 28.8 Å². The van der Waals surface area contributed by atoms with Crippen molar-refractivity contribution < 1.29 is 9.53 Å². The Morgan fingerprint density at radius 1 is 1.10 bits per heavy atom. The number of halogens is 2. The topological polar surface area (TPSA) is 64.1 Å². The summed E-state index contributed by atoms with van der Waals surface area (Å²) >= 11 is 11.7. The zero-order valence-corrected chi connectivity index (χ0v) is 20.8. The molecule has 5 nitrogen and oxygen atoms in total. The van der Waals surface area contributed by atoms with Crippen molar-refractivity contribution >= 4 is 49.5 Å². The third-order valence-electron chi connectivity index (χ3n) is 4.39. The zero-order chi connectivity index (χ0) is 22.1. The van der Waals surface area contributed by atoms with Crippen molar-refractivity contribution in [1.82, 2.24) is 15.3 Å². The number of aromatic nitrogens is 2. The van der Waals surface area contributed by atoms with E-state index in [2.05, 4.69) is 17.2 Å². The van der Waals surface area contributed by atoms with Gasteiger partial charge in [0.2, 0.25) is 0 Å². The Kier molecular flexibility index (Phi) is 9.20. The Bertz CT molecular complexity index is 996. The first-order valence-electron chi connectivity index (χ1n) is 10.1. The van der Waals surface area contributed by atoms with Crippen LogP contribution in [0.15, 0.2) is 54.7 Å². The minimum atomic E-state index is -0.494. The Morgan fingerprint density at radius 2 is 1.84 bits per heavy atom. The number of hydrogen-bond donors (Lipinski definition) is 1. The van der Waals surface area contributed by atoms with Crippen LogP contribution in [-0.4, -0.2) is 44.8 Å². The third-order valence-corrected chi connectivity index (χ3v) is 7.46. The van der Waals surface area contributed by atoms with Gasteiger partial charge in [-0.05, 0) is 0 Å². The summed E-state index contributed by atoms with van der Waals surface area (Å²) in [4.78, 5) is 21.4. The second-order valence-electron chi connectivity index (χ2n) is 6.77. The van der Waals surface area contributed by atoms with Gasteiger partial charge in [-0.3, -0.25) is 0 Å². The molecule has 1 aromatic heterocycles. The van der Waals surface area contributed by atoms with E-state index in [-0.39, 0.29) is 5.91 Å². The summed E-state index contributed by atoms with van der Waals surface area (Å²) in [6, 6.07) is 14.9. The fraction of sp³-hybridized carbons (Fsp3) is 0.261. The first kappa shape index (κ1) is 23.6. The molecule has 3 aromatic rings. The molecule has 1 unspecified atom stereocenters. The van der Waals surface area contributed by atoms with Crippen LogP contribution in [0.5, 0.6) is 5.75 Å². The van der Waals surface area contributed by atoms with E-state index in [9.17, 15) is 4.79 Å². The molecule has 8 heteroatoms. The van der Waals surface area contributed by atoms with Crippen molar-refractivity contribution in [2.75, 3.05) is 13.2 Å². The summed E-state index contributed by atoms with van der Waals surface area (Å²) in [6.45, 7) is 3.36. The summed E-state index contributed by atoms with van der Waals surface area (Å²) in [5.74, 6) is 0.619. The minimum absolute atomic E-state index is 0.250. The average molecular weight is 520 g/mol. The molecule has 0 aliphatic heterocycles. The molecule has 0 bridgehead atoms. The first-order valence-corrected chi connectivity index (χ1v) is 13.4. The fourth-order valence-electron chi connectivity index (χ4n) is 2.84. The predicted molar refractivity (Wildman–Crippen MR) is 128 cm³/mol. The van der Waals surface area contributed by atoms with Gasteiger partial charge in [0.25, 0.3) is 0 Å². The van der Waals surface area contributed by atoms with Crippen molar-refractivity contribution in [2.24, 2.45) is 0 Å². The van der Waals surface area contributed by atoms with Crippen molar-refractivity contribution in [3.05, 3.63) is 70.3 Å². The van der Waals surface area contributed by atoms with Crippen molar-refractivity contribution in [3.63, 3.8) is 0 Å². The third kappa shape index (κ3) is 6.96. The predicted octanol–water partition coefficient (Wildman–Crippen LogP) is 4.54. The van der Waals surface area contributed by atoms with E-state index in [1.54, 1.807) is 18.2 Å². The van der Waals surface area contributed by atoms with Crippen molar-refractivity contribution in [2.45, 2.75) is 25.0 Å². The zero-order valence-electron chi connectivity index (χ0n) is 17.2. The quantitative estimate of drug-likeness (QED) is 0.315. The molecule has 0 spiro atoms. The SMILES string of the molecule is CCCOc1ccc(-c2ccnc([AsH]CCCNC(=O)c3c(Cl)cccc3Cl)n2)cc1. The van der Waals surface area contributed by atoms with Crippen LogP contribution in [0, 0.1) is 0 Å². The number of carbonyl (C=O) groups excluding carboxylic acids is 1. The van der Waals surface area contributed by atoms with Crippen LogP contribution in [0.2, 0.25) is 15.3 Å². The molecule has 0 saturated carbocycles. The number of nitrogens with zero attached hydrogens (tertiary/aromatic N) is 2. The van der Waals surface area contributed by atoms with Gasteiger partial charge in [0, 0.05) is 0 Å². The normalized spacial score (nSPS) is 11.1. The monoisotopic (exact) mass is 519 g/mol. The number of ether oxygens (including phenoxy) is 1. The number of hydrogen-bond acceptors (Lipinski definition) is 4. The van der Waals surface area contributed by atoms with Crippen molar-refractivity contribution in [3.8, 4) is 17.0 Å². The molecular weight excluding hydrogens is 496 g/mol. The van der Waals surface area contributed by atoms with Crippen LogP contribution in [0.3, 0.4) is 0 Å². The maximum absolute atomic E-state index is 12.3. The van der Waals surface area contributed by atoms with Gasteiger partial charge in [0.1, 0.15) is 0 Å². The second kappa shape index (κ2) is 12.1. The van der Waals surface area contributed by atoms with Crippen LogP contribution < -0.4 is 14.7 Å². The molecule has 0 aliphatic carbocycles. The molecule has 1 amide bonds. The number of amides is 1. The number of rotatable bonds is 10. The summed E-state index contributed by atoms with van der Waals surface area (Å²) < 4.78 is 6.54. The van der Waals surface area contributed by atoms with Crippen LogP contribution in [0.1, 0.15) is 30.1 Å². The van der Waals surface area contributed by atoms with Crippen LogP contribution in [0.4, 0.5) is 0 Å². The van der Waals surface area contributed by atoms with Gasteiger partial charge in [-0.25, -0.2) is 0 Å². The van der Waals surface area contributed by atoms with E-state index >= 15 is 0 Å². The van der Waals surface area contributed by atoms with Gasteiger partial charge in [-0.1, -0.05) is 0 Å². The molecular formula is C23H24AsCl2N3O2. The maximum atomic E-state index is 12.3. The Labute approximate surface area is 199 Å². The molecule has 0 saturated heterocycles. The van der Waals surface area contributed by atoms with Crippen LogP contribution in [-0.2, 0) is 0 Å². The van der Waals surface area contributed by atoms with Gasteiger partial charge < -0.3 is 0 Å². The van der Waals surface area contributed by atoms with E-state index in [1.807, 2.05) is 36.5 Å².